The lowest BCUT2D eigenvalue weighted by atomic mass is 10.3. The molecule has 1 aromatic carbocycles. The summed E-state index contributed by atoms with van der Waals surface area (Å²) in [4.78, 5) is 9.18. The number of nitrogens with zero attached hydrogens (tertiary/aromatic N) is 2. The van der Waals surface area contributed by atoms with E-state index >= 15 is 0 Å². The van der Waals surface area contributed by atoms with Crippen LogP contribution >= 0.6 is 11.8 Å². The second-order valence-electron chi connectivity index (χ2n) is 3.47. The summed E-state index contributed by atoms with van der Waals surface area (Å²) in [6, 6.07) is 7.94. The molecular formula is C12H14N4OS. The van der Waals surface area contributed by atoms with Crippen LogP contribution in [0.5, 0.6) is 5.88 Å². The number of methoxy groups -OCH3 is 1. The summed E-state index contributed by atoms with van der Waals surface area (Å²) in [5.74, 6) is 0.914. The van der Waals surface area contributed by atoms with Crippen molar-refractivity contribution in [1.29, 1.82) is 0 Å². The number of thioether (sulfide) groups is 1. The van der Waals surface area contributed by atoms with Gasteiger partial charge in [0, 0.05) is 4.90 Å². The first-order valence-corrected chi connectivity index (χ1v) is 6.53. The van der Waals surface area contributed by atoms with E-state index in [1.807, 2.05) is 30.5 Å². The Labute approximate surface area is 110 Å². The molecule has 0 atom stereocenters. The number of hydrogen-bond acceptors (Lipinski definition) is 6. The van der Waals surface area contributed by atoms with E-state index in [1.165, 1.54) is 13.4 Å². The number of hydrogen-bond donors (Lipinski definition) is 2. The Bertz CT molecular complexity index is 547. The molecular weight excluding hydrogens is 248 g/mol. The quantitative estimate of drug-likeness (QED) is 0.825. The Morgan fingerprint density at radius 3 is 2.78 bits per heavy atom. The highest BCUT2D eigenvalue weighted by Gasteiger charge is 2.09. The van der Waals surface area contributed by atoms with Crippen LogP contribution in [0, 0.1) is 0 Å². The summed E-state index contributed by atoms with van der Waals surface area (Å²) in [6.07, 6.45) is 3.43. The molecule has 6 heteroatoms. The van der Waals surface area contributed by atoms with Gasteiger partial charge in [0.25, 0.3) is 0 Å². The predicted molar refractivity (Wildman–Crippen MR) is 74.5 cm³/mol. The highest BCUT2D eigenvalue weighted by molar-refractivity contribution is 7.98. The van der Waals surface area contributed by atoms with Crippen molar-refractivity contribution in [2.45, 2.75) is 4.90 Å². The number of para-hydroxylation sites is 1. The molecule has 5 nitrogen and oxygen atoms in total. The smallest absolute Gasteiger partial charge is 0.242 e. The zero-order chi connectivity index (χ0) is 13.0. The van der Waals surface area contributed by atoms with Crippen molar-refractivity contribution in [1.82, 2.24) is 9.97 Å². The van der Waals surface area contributed by atoms with Gasteiger partial charge in [0.15, 0.2) is 5.82 Å². The van der Waals surface area contributed by atoms with Gasteiger partial charge in [-0.15, -0.1) is 11.8 Å². The molecule has 0 amide bonds. The molecule has 3 N–H and O–H groups in total. The molecule has 0 fully saturated rings. The Hall–Kier alpha value is -1.95. The van der Waals surface area contributed by atoms with Gasteiger partial charge >= 0.3 is 0 Å². The molecule has 0 aliphatic heterocycles. The molecule has 0 saturated carbocycles. The maximum Gasteiger partial charge on any atom is 0.242 e. The maximum absolute atomic E-state index is 5.91. The van der Waals surface area contributed by atoms with Crippen LogP contribution in [0.25, 0.3) is 0 Å². The fraction of sp³-hybridized carbons (Fsp3) is 0.167. The first-order valence-electron chi connectivity index (χ1n) is 5.30. The minimum absolute atomic E-state index is 0.370. The largest absolute Gasteiger partial charge is 0.479 e. The standard InChI is InChI=1S/C12H14N4OS/c1-17-12-10(13)11(14-7-15-12)16-8-5-3-4-6-9(8)18-2/h3-7H,13H2,1-2H3,(H,14,15,16). The van der Waals surface area contributed by atoms with Crippen LogP contribution in [0.4, 0.5) is 17.2 Å². The maximum atomic E-state index is 5.91. The summed E-state index contributed by atoms with van der Waals surface area (Å²) in [5, 5.41) is 3.19. The zero-order valence-electron chi connectivity index (χ0n) is 10.2. The first kappa shape index (κ1) is 12.5. The number of nitrogens with two attached hydrogens (primary N) is 1. The highest BCUT2D eigenvalue weighted by Crippen LogP contribution is 2.31. The van der Waals surface area contributed by atoms with E-state index in [0.717, 1.165) is 10.6 Å². The Morgan fingerprint density at radius 2 is 2.06 bits per heavy atom. The van der Waals surface area contributed by atoms with Crippen molar-refractivity contribution >= 4 is 29.0 Å². The van der Waals surface area contributed by atoms with Gasteiger partial charge in [-0.2, -0.15) is 4.98 Å². The lowest BCUT2D eigenvalue weighted by molar-refractivity contribution is 0.399. The third-order valence-electron chi connectivity index (χ3n) is 2.40. The van der Waals surface area contributed by atoms with Crippen molar-refractivity contribution in [3.8, 4) is 5.88 Å². The lowest BCUT2D eigenvalue weighted by Gasteiger charge is -2.12. The zero-order valence-corrected chi connectivity index (χ0v) is 11.0. The average Bonchev–Trinajstić information content (AvgIpc) is 2.42. The van der Waals surface area contributed by atoms with Gasteiger partial charge in [-0.1, -0.05) is 12.1 Å². The van der Waals surface area contributed by atoms with Gasteiger partial charge in [-0.05, 0) is 18.4 Å². The van der Waals surface area contributed by atoms with Crippen molar-refractivity contribution < 1.29 is 4.74 Å². The van der Waals surface area contributed by atoms with Gasteiger partial charge in [0.2, 0.25) is 5.88 Å². The molecule has 0 radical (unpaired) electrons. The number of nitrogen functional groups attached to an aromatic ring is 1. The normalized spacial score (nSPS) is 10.1. The van der Waals surface area contributed by atoms with Gasteiger partial charge in [0.1, 0.15) is 12.0 Å². The highest BCUT2D eigenvalue weighted by atomic mass is 32.2. The summed E-state index contributed by atoms with van der Waals surface area (Å²) in [6.45, 7) is 0. The van der Waals surface area contributed by atoms with E-state index in [2.05, 4.69) is 15.3 Å². The fourth-order valence-corrected chi connectivity index (χ4v) is 2.07. The summed E-state index contributed by atoms with van der Waals surface area (Å²) in [7, 11) is 1.53. The van der Waals surface area contributed by atoms with Crippen LogP contribution < -0.4 is 15.8 Å². The molecule has 18 heavy (non-hydrogen) atoms. The van der Waals surface area contributed by atoms with Crippen molar-refractivity contribution in [2.75, 3.05) is 24.4 Å². The van der Waals surface area contributed by atoms with Crippen LogP contribution in [-0.4, -0.2) is 23.3 Å². The Balaban J connectivity index is 2.34. The van der Waals surface area contributed by atoms with Gasteiger partial charge in [0.05, 0.1) is 12.8 Å². The molecule has 2 aromatic rings. The molecule has 0 aliphatic rings. The monoisotopic (exact) mass is 262 g/mol. The molecule has 0 saturated heterocycles. The molecule has 0 bridgehead atoms. The minimum atomic E-state index is 0.370. The van der Waals surface area contributed by atoms with E-state index < -0.39 is 0 Å². The third kappa shape index (κ3) is 2.48. The predicted octanol–water partition coefficient (Wildman–Crippen LogP) is 2.53. The first-order chi connectivity index (χ1) is 8.76. The van der Waals surface area contributed by atoms with Crippen molar-refractivity contribution in [3.05, 3.63) is 30.6 Å². The molecule has 1 aromatic heterocycles. The van der Waals surface area contributed by atoms with E-state index in [-0.39, 0.29) is 0 Å². The topological polar surface area (TPSA) is 73.1 Å². The van der Waals surface area contributed by atoms with Gasteiger partial charge in [-0.25, -0.2) is 4.98 Å². The third-order valence-corrected chi connectivity index (χ3v) is 3.20. The molecule has 0 unspecified atom stereocenters. The fourth-order valence-electron chi connectivity index (χ4n) is 1.52. The SMILES string of the molecule is COc1ncnc(Nc2ccccc2SC)c1N. The number of nitrogens with one attached hydrogen (secondary N) is 1. The average molecular weight is 262 g/mol. The minimum Gasteiger partial charge on any atom is -0.479 e. The van der Waals surface area contributed by atoms with Crippen molar-refractivity contribution in [2.24, 2.45) is 0 Å². The van der Waals surface area contributed by atoms with Crippen LogP contribution in [0.15, 0.2) is 35.5 Å². The molecule has 1 heterocycles. The molecule has 2 rings (SSSR count). The number of benzene rings is 1. The van der Waals surface area contributed by atoms with Crippen LogP contribution in [0.2, 0.25) is 0 Å². The lowest BCUT2D eigenvalue weighted by Crippen LogP contribution is -2.03. The summed E-state index contributed by atoms with van der Waals surface area (Å²) < 4.78 is 5.06. The van der Waals surface area contributed by atoms with E-state index in [1.54, 1.807) is 11.8 Å². The van der Waals surface area contributed by atoms with Crippen LogP contribution in [0.1, 0.15) is 0 Å². The van der Waals surface area contributed by atoms with E-state index in [9.17, 15) is 0 Å². The van der Waals surface area contributed by atoms with Crippen LogP contribution in [0.3, 0.4) is 0 Å². The molecule has 0 aliphatic carbocycles. The van der Waals surface area contributed by atoms with Crippen LogP contribution in [-0.2, 0) is 0 Å². The van der Waals surface area contributed by atoms with Gasteiger partial charge in [-0.3, -0.25) is 0 Å². The van der Waals surface area contributed by atoms with E-state index in [0.29, 0.717) is 17.4 Å². The number of ether oxygens (including phenoxy) is 1. The molecule has 94 valence electrons. The Kier molecular flexibility index (Phi) is 3.88. The summed E-state index contributed by atoms with van der Waals surface area (Å²) in [5.41, 5.74) is 7.27. The number of rotatable bonds is 4. The summed E-state index contributed by atoms with van der Waals surface area (Å²) >= 11 is 1.65. The van der Waals surface area contributed by atoms with Crippen molar-refractivity contribution in [3.63, 3.8) is 0 Å². The van der Waals surface area contributed by atoms with Gasteiger partial charge < -0.3 is 15.8 Å². The number of anilines is 3. The second kappa shape index (κ2) is 5.59. The molecule has 0 spiro atoms. The Morgan fingerprint density at radius 1 is 1.28 bits per heavy atom. The number of aromatic nitrogens is 2. The van der Waals surface area contributed by atoms with E-state index in [4.69, 9.17) is 10.5 Å². The second-order valence-corrected chi connectivity index (χ2v) is 4.32.